The number of benzene rings is 1. The molecule has 0 spiro atoms. The molecule has 3 rings (SSSR count). The van der Waals surface area contributed by atoms with E-state index in [1.54, 1.807) is 25.1 Å². The van der Waals surface area contributed by atoms with E-state index in [0.717, 1.165) is 11.3 Å². The number of aromatic amines is 1. The fourth-order valence-corrected chi connectivity index (χ4v) is 3.49. The molecule has 0 atom stereocenters. The molecule has 3 aromatic rings. The van der Waals surface area contributed by atoms with Crippen molar-refractivity contribution in [3.05, 3.63) is 55.6 Å². The maximum absolute atomic E-state index is 12.5. The van der Waals surface area contributed by atoms with Gasteiger partial charge in [0, 0.05) is 16.1 Å². The summed E-state index contributed by atoms with van der Waals surface area (Å²) in [6.07, 6.45) is 0. The van der Waals surface area contributed by atoms with Gasteiger partial charge in [0.2, 0.25) is 0 Å². The lowest BCUT2D eigenvalue weighted by Crippen LogP contribution is -2.16. The number of amides is 1. The summed E-state index contributed by atoms with van der Waals surface area (Å²) in [6.45, 7) is 1.77. The van der Waals surface area contributed by atoms with E-state index in [4.69, 9.17) is 22.4 Å². The second-order valence-electron chi connectivity index (χ2n) is 5.27. The topological polar surface area (TPSA) is 125 Å². The zero-order valence-corrected chi connectivity index (χ0v) is 14.4. The SMILES string of the molecule is Cc1c(Cl)cccc1NC(=O)c1sc2[nH]c(=O)c(C(=O)O)cc2c1N. The van der Waals surface area contributed by atoms with Gasteiger partial charge in [0.1, 0.15) is 15.3 Å². The van der Waals surface area contributed by atoms with E-state index in [1.807, 2.05) is 0 Å². The van der Waals surface area contributed by atoms with Crippen LogP contribution in [0, 0.1) is 6.92 Å². The van der Waals surface area contributed by atoms with Crippen molar-refractivity contribution in [2.24, 2.45) is 0 Å². The standard InChI is InChI=1S/C16H12ClN3O4S/c1-6-9(17)3-2-4-10(6)19-14(22)12-11(18)7-5-8(16(23)24)13(21)20-15(7)25-12/h2-5H,18H2,1H3,(H,19,22)(H,20,21)(H,23,24). The summed E-state index contributed by atoms with van der Waals surface area (Å²) in [7, 11) is 0. The van der Waals surface area contributed by atoms with Crippen molar-refractivity contribution in [2.45, 2.75) is 6.92 Å². The molecule has 0 aliphatic rings. The van der Waals surface area contributed by atoms with Crippen molar-refractivity contribution in [3.63, 3.8) is 0 Å². The first kappa shape index (κ1) is 17.0. The lowest BCUT2D eigenvalue weighted by Gasteiger charge is -2.08. The van der Waals surface area contributed by atoms with Crippen LogP contribution in [0.2, 0.25) is 5.02 Å². The van der Waals surface area contributed by atoms with Gasteiger partial charge in [-0.05, 0) is 30.7 Å². The number of carboxylic acids is 1. The minimum atomic E-state index is -1.37. The van der Waals surface area contributed by atoms with Gasteiger partial charge in [-0.1, -0.05) is 17.7 Å². The molecule has 0 saturated carbocycles. The van der Waals surface area contributed by atoms with Gasteiger partial charge in [0.25, 0.3) is 11.5 Å². The molecule has 1 aromatic carbocycles. The quantitative estimate of drug-likeness (QED) is 0.558. The molecule has 0 saturated heterocycles. The molecule has 0 aliphatic carbocycles. The van der Waals surface area contributed by atoms with Crippen LogP contribution >= 0.6 is 22.9 Å². The van der Waals surface area contributed by atoms with E-state index < -0.39 is 23.0 Å². The number of nitrogen functional groups attached to an aromatic ring is 1. The number of fused-ring (bicyclic) bond motifs is 1. The van der Waals surface area contributed by atoms with Gasteiger partial charge in [0.15, 0.2) is 0 Å². The summed E-state index contributed by atoms with van der Waals surface area (Å²) >= 11 is 7.01. The number of rotatable bonds is 3. The van der Waals surface area contributed by atoms with E-state index in [1.165, 1.54) is 6.07 Å². The number of nitrogens with two attached hydrogens (primary N) is 1. The van der Waals surface area contributed by atoms with Crippen molar-refractivity contribution in [3.8, 4) is 0 Å². The van der Waals surface area contributed by atoms with Crippen LogP contribution < -0.4 is 16.6 Å². The number of carboxylic acid groups (broad SMARTS) is 1. The molecule has 7 nitrogen and oxygen atoms in total. The Hall–Kier alpha value is -2.84. The Morgan fingerprint density at radius 3 is 2.76 bits per heavy atom. The minimum Gasteiger partial charge on any atom is -0.477 e. The first-order valence-electron chi connectivity index (χ1n) is 7.04. The number of carbonyl (C=O) groups excluding carboxylic acids is 1. The summed E-state index contributed by atoms with van der Waals surface area (Å²) in [6, 6.07) is 6.28. The molecule has 2 aromatic heterocycles. The second kappa shape index (κ2) is 6.23. The van der Waals surface area contributed by atoms with Crippen LogP contribution in [-0.4, -0.2) is 22.0 Å². The van der Waals surface area contributed by atoms with Crippen LogP contribution in [-0.2, 0) is 0 Å². The Labute approximate surface area is 150 Å². The summed E-state index contributed by atoms with van der Waals surface area (Å²) < 4.78 is 0. The number of carbonyl (C=O) groups is 2. The first-order chi connectivity index (χ1) is 11.8. The highest BCUT2D eigenvalue weighted by Crippen LogP contribution is 2.33. The van der Waals surface area contributed by atoms with Crippen molar-refractivity contribution >= 4 is 56.4 Å². The zero-order valence-electron chi connectivity index (χ0n) is 12.8. The number of hydrogen-bond acceptors (Lipinski definition) is 5. The van der Waals surface area contributed by atoms with E-state index in [-0.39, 0.29) is 10.6 Å². The Balaban J connectivity index is 2.05. The number of anilines is 2. The van der Waals surface area contributed by atoms with Gasteiger partial charge in [-0.25, -0.2) is 4.79 Å². The first-order valence-corrected chi connectivity index (χ1v) is 8.24. The molecule has 2 heterocycles. The van der Waals surface area contributed by atoms with Gasteiger partial charge in [-0.2, -0.15) is 0 Å². The molecule has 0 aliphatic heterocycles. The number of H-pyrrole nitrogens is 1. The third kappa shape index (κ3) is 2.97. The van der Waals surface area contributed by atoms with Gasteiger partial charge in [0.05, 0.1) is 5.69 Å². The monoisotopic (exact) mass is 377 g/mol. The number of hydrogen-bond donors (Lipinski definition) is 4. The van der Waals surface area contributed by atoms with Crippen LogP contribution in [0.5, 0.6) is 0 Å². The summed E-state index contributed by atoms with van der Waals surface area (Å²) in [4.78, 5) is 38.3. The molecule has 0 unspecified atom stereocenters. The fourth-order valence-electron chi connectivity index (χ4n) is 2.32. The molecule has 0 bridgehead atoms. The number of aromatic carboxylic acids is 1. The Bertz CT molecular complexity index is 1090. The average molecular weight is 378 g/mol. The Morgan fingerprint density at radius 2 is 2.08 bits per heavy atom. The Kier molecular flexibility index (Phi) is 4.23. The zero-order chi connectivity index (χ0) is 18.3. The normalized spacial score (nSPS) is 10.8. The van der Waals surface area contributed by atoms with Crippen LogP contribution in [0.25, 0.3) is 10.2 Å². The third-order valence-electron chi connectivity index (χ3n) is 3.70. The predicted molar refractivity (Wildman–Crippen MR) is 98.0 cm³/mol. The van der Waals surface area contributed by atoms with Crippen molar-refractivity contribution in [2.75, 3.05) is 11.1 Å². The van der Waals surface area contributed by atoms with Crippen LogP contribution in [0.1, 0.15) is 25.6 Å². The van der Waals surface area contributed by atoms with Crippen molar-refractivity contribution in [1.82, 2.24) is 4.98 Å². The highest BCUT2D eigenvalue weighted by atomic mass is 35.5. The number of aromatic nitrogens is 1. The Morgan fingerprint density at radius 1 is 1.36 bits per heavy atom. The van der Waals surface area contributed by atoms with E-state index in [0.29, 0.717) is 26.5 Å². The van der Waals surface area contributed by atoms with Crippen molar-refractivity contribution < 1.29 is 14.7 Å². The van der Waals surface area contributed by atoms with E-state index >= 15 is 0 Å². The maximum atomic E-state index is 12.5. The lowest BCUT2D eigenvalue weighted by atomic mass is 10.2. The van der Waals surface area contributed by atoms with E-state index in [9.17, 15) is 14.4 Å². The molecule has 0 radical (unpaired) electrons. The molecule has 1 amide bonds. The molecule has 5 N–H and O–H groups in total. The highest BCUT2D eigenvalue weighted by molar-refractivity contribution is 7.21. The van der Waals surface area contributed by atoms with Gasteiger partial charge in [-0.15, -0.1) is 11.3 Å². The van der Waals surface area contributed by atoms with Crippen LogP contribution in [0.3, 0.4) is 0 Å². The number of thiophene rings is 1. The van der Waals surface area contributed by atoms with Gasteiger partial charge in [-0.3, -0.25) is 9.59 Å². The summed E-state index contributed by atoms with van der Waals surface area (Å²) in [5.41, 5.74) is 6.15. The molecular formula is C16H12ClN3O4S. The largest absolute Gasteiger partial charge is 0.477 e. The van der Waals surface area contributed by atoms with Crippen LogP contribution in [0.4, 0.5) is 11.4 Å². The summed E-state index contributed by atoms with van der Waals surface area (Å²) in [5, 5.41) is 12.6. The summed E-state index contributed by atoms with van der Waals surface area (Å²) in [5.74, 6) is -1.84. The molecule has 0 fully saturated rings. The molecule has 9 heteroatoms. The minimum absolute atomic E-state index is 0.107. The highest BCUT2D eigenvalue weighted by Gasteiger charge is 2.20. The molecule has 128 valence electrons. The number of nitrogens with one attached hydrogen (secondary N) is 2. The predicted octanol–water partition coefficient (Wildman–Crippen LogP) is 3.08. The van der Waals surface area contributed by atoms with Gasteiger partial charge < -0.3 is 21.1 Å². The van der Waals surface area contributed by atoms with Crippen molar-refractivity contribution in [1.29, 1.82) is 0 Å². The lowest BCUT2D eigenvalue weighted by molar-refractivity contribution is 0.0695. The van der Waals surface area contributed by atoms with Crippen LogP contribution in [0.15, 0.2) is 29.1 Å². The fraction of sp³-hybridized carbons (Fsp3) is 0.0625. The smallest absolute Gasteiger partial charge is 0.341 e. The maximum Gasteiger partial charge on any atom is 0.341 e. The molecule has 25 heavy (non-hydrogen) atoms. The van der Waals surface area contributed by atoms with Gasteiger partial charge >= 0.3 is 5.97 Å². The van der Waals surface area contributed by atoms with E-state index in [2.05, 4.69) is 10.3 Å². The average Bonchev–Trinajstić information content (AvgIpc) is 2.87. The second-order valence-corrected chi connectivity index (χ2v) is 6.70. The molecular weight excluding hydrogens is 366 g/mol. The number of halogens is 1. The third-order valence-corrected chi connectivity index (χ3v) is 5.24. The number of pyridine rings is 1.